The van der Waals surface area contributed by atoms with Crippen molar-refractivity contribution >= 4 is 5.91 Å². The number of carbonyl (C=O) groups excluding carboxylic acids is 1. The summed E-state index contributed by atoms with van der Waals surface area (Å²) < 4.78 is 5.57. The fourth-order valence-corrected chi connectivity index (χ4v) is 4.20. The number of likely N-dealkylation sites (tertiary alicyclic amines) is 1. The molecular formula is C18H27N3O2. The van der Waals surface area contributed by atoms with Gasteiger partial charge in [0.2, 0.25) is 11.8 Å². The van der Waals surface area contributed by atoms with E-state index in [4.69, 9.17) is 4.52 Å². The van der Waals surface area contributed by atoms with Crippen molar-refractivity contribution in [1.82, 2.24) is 15.0 Å². The molecule has 0 radical (unpaired) electrons. The molecule has 1 aliphatic heterocycles. The number of amides is 1. The Morgan fingerprint density at radius 3 is 2.78 bits per heavy atom. The van der Waals surface area contributed by atoms with Crippen molar-refractivity contribution in [2.24, 2.45) is 5.92 Å². The number of rotatable bonds is 4. The summed E-state index contributed by atoms with van der Waals surface area (Å²) in [5, 5.41) is 4.16. The van der Waals surface area contributed by atoms with Gasteiger partial charge in [0.05, 0.1) is 5.41 Å². The van der Waals surface area contributed by atoms with Crippen molar-refractivity contribution in [3.05, 3.63) is 11.7 Å². The van der Waals surface area contributed by atoms with Gasteiger partial charge < -0.3 is 9.42 Å². The van der Waals surface area contributed by atoms with Gasteiger partial charge in [-0.05, 0) is 51.4 Å². The molecule has 5 heteroatoms. The van der Waals surface area contributed by atoms with Crippen molar-refractivity contribution in [2.75, 3.05) is 13.1 Å². The van der Waals surface area contributed by atoms with Gasteiger partial charge in [-0.3, -0.25) is 4.79 Å². The average molecular weight is 317 g/mol. The molecule has 126 valence electrons. The second-order valence-electron chi connectivity index (χ2n) is 8.07. The highest BCUT2D eigenvalue weighted by Crippen LogP contribution is 2.40. The van der Waals surface area contributed by atoms with E-state index < -0.39 is 0 Å². The summed E-state index contributed by atoms with van der Waals surface area (Å²) in [6, 6.07) is 0. The van der Waals surface area contributed by atoms with Crippen molar-refractivity contribution in [3.8, 4) is 0 Å². The summed E-state index contributed by atoms with van der Waals surface area (Å²) >= 11 is 0. The second-order valence-corrected chi connectivity index (χ2v) is 8.07. The fourth-order valence-electron chi connectivity index (χ4n) is 4.20. The third-order valence-electron chi connectivity index (χ3n) is 5.89. The minimum Gasteiger partial charge on any atom is -0.342 e. The lowest BCUT2D eigenvalue weighted by atomic mass is 9.81. The lowest BCUT2D eigenvalue weighted by Gasteiger charge is -2.38. The highest BCUT2D eigenvalue weighted by Gasteiger charge is 2.40. The molecule has 2 saturated carbocycles. The quantitative estimate of drug-likeness (QED) is 0.854. The number of carbonyl (C=O) groups is 1. The van der Waals surface area contributed by atoms with Gasteiger partial charge in [0, 0.05) is 25.4 Å². The Kier molecular flexibility index (Phi) is 3.90. The Bertz CT molecular complexity index is 575. The van der Waals surface area contributed by atoms with Crippen molar-refractivity contribution < 1.29 is 9.32 Å². The molecule has 1 aromatic heterocycles. The summed E-state index contributed by atoms with van der Waals surface area (Å²) in [6.45, 7) is 3.78. The van der Waals surface area contributed by atoms with Gasteiger partial charge in [0.15, 0.2) is 5.82 Å². The molecule has 23 heavy (non-hydrogen) atoms. The number of hydrogen-bond acceptors (Lipinski definition) is 4. The van der Waals surface area contributed by atoms with E-state index in [9.17, 15) is 4.79 Å². The topological polar surface area (TPSA) is 59.2 Å². The maximum absolute atomic E-state index is 12.7. The van der Waals surface area contributed by atoms with Crippen LogP contribution in [0, 0.1) is 5.92 Å². The number of hydrogen-bond donors (Lipinski definition) is 0. The van der Waals surface area contributed by atoms with E-state index in [1.54, 1.807) is 0 Å². The van der Waals surface area contributed by atoms with E-state index in [0.717, 1.165) is 44.1 Å². The molecule has 0 spiro atoms. The Balaban J connectivity index is 1.43. The zero-order chi connectivity index (χ0) is 15.9. The summed E-state index contributed by atoms with van der Waals surface area (Å²) in [5.41, 5.74) is -0.177. The number of aromatic nitrogens is 2. The molecule has 0 N–H and O–H groups in total. The van der Waals surface area contributed by atoms with Gasteiger partial charge in [-0.25, -0.2) is 0 Å². The molecule has 0 unspecified atom stereocenters. The van der Waals surface area contributed by atoms with Gasteiger partial charge in [-0.1, -0.05) is 18.0 Å². The van der Waals surface area contributed by atoms with Crippen molar-refractivity contribution in [2.45, 2.75) is 76.0 Å². The Hall–Kier alpha value is -1.39. The summed E-state index contributed by atoms with van der Waals surface area (Å²) in [6.07, 6.45) is 10.2. The maximum Gasteiger partial charge on any atom is 0.234 e. The third-order valence-corrected chi connectivity index (χ3v) is 5.89. The van der Waals surface area contributed by atoms with Crippen LogP contribution in [0.3, 0.4) is 0 Å². The van der Waals surface area contributed by atoms with E-state index in [0.29, 0.717) is 17.7 Å². The van der Waals surface area contributed by atoms with Crippen molar-refractivity contribution in [3.63, 3.8) is 0 Å². The standard InChI is InChI=1S/C18H27N3O2/c1-18(17-19-16(20-23-17)14-7-8-14)9-4-10-21(12-18)15(22)11-13-5-2-3-6-13/h13-14H,2-12H2,1H3/t18-/m0/s1. The van der Waals surface area contributed by atoms with Crippen LogP contribution in [0.25, 0.3) is 0 Å². The predicted octanol–water partition coefficient (Wildman–Crippen LogP) is 3.41. The molecule has 1 aromatic rings. The minimum atomic E-state index is -0.177. The smallest absolute Gasteiger partial charge is 0.234 e. The van der Waals surface area contributed by atoms with E-state index >= 15 is 0 Å². The maximum atomic E-state index is 12.7. The van der Waals surface area contributed by atoms with Gasteiger partial charge in [0.25, 0.3) is 0 Å². The first kappa shape index (κ1) is 15.2. The van der Waals surface area contributed by atoms with Crippen molar-refractivity contribution in [1.29, 1.82) is 0 Å². The second kappa shape index (κ2) is 5.91. The first-order valence-electron chi connectivity index (χ1n) is 9.26. The molecular weight excluding hydrogens is 290 g/mol. The lowest BCUT2D eigenvalue weighted by molar-refractivity contribution is -0.134. The summed E-state index contributed by atoms with van der Waals surface area (Å²) in [4.78, 5) is 19.3. The van der Waals surface area contributed by atoms with E-state index in [2.05, 4.69) is 17.1 Å². The monoisotopic (exact) mass is 317 g/mol. The van der Waals surface area contributed by atoms with Crippen LogP contribution in [0.1, 0.15) is 82.3 Å². The van der Waals surface area contributed by atoms with Crippen LogP contribution in [-0.2, 0) is 10.2 Å². The van der Waals surface area contributed by atoms with Crippen LogP contribution in [0.4, 0.5) is 0 Å². The molecule has 2 aliphatic carbocycles. The zero-order valence-electron chi connectivity index (χ0n) is 14.1. The van der Waals surface area contributed by atoms with Gasteiger partial charge in [-0.2, -0.15) is 4.98 Å². The first-order chi connectivity index (χ1) is 11.1. The molecule has 1 saturated heterocycles. The fraction of sp³-hybridized carbons (Fsp3) is 0.833. The molecule has 4 rings (SSSR count). The van der Waals surface area contributed by atoms with Gasteiger partial charge >= 0.3 is 0 Å². The largest absolute Gasteiger partial charge is 0.342 e. The molecule has 1 amide bonds. The lowest BCUT2D eigenvalue weighted by Crippen LogP contribution is -2.47. The number of piperidine rings is 1. The third kappa shape index (κ3) is 3.15. The van der Waals surface area contributed by atoms with Crippen LogP contribution in [0.5, 0.6) is 0 Å². The summed E-state index contributed by atoms with van der Waals surface area (Å²) in [7, 11) is 0. The van der Waals surface area contributed by atoms with E-state index in [-0.39, 0.29) is 5.41 Å². The molecule has 1 atom stereocenters. The Labute approximate surface area is 137 Å². The van der Waals surface area contributed by atoms with Gasteiger partial charge in [-0.15, -0.1) is 0 Å². The Morgan fingerprint density at radius 2 is 2.04 bits per heavy atom. The van der Waals surface area contributed by atoms with Crippen LogP contribution < -0.4 is 0 Å². The molecule has 3 fully saturated rings. The molecule has 0 aromatic carbocycles. The van der Waals surface area contributed by atoms with Crippen LogP contribution >= 0.6 is 0 Å². The van der Waals surface area contributed by atoms with Crippen LogP contribution in [-0.4, -0.2) is 34.0 Å². The molecule has 5 nitrogen and oxygen atoms in total. The predicted molar refractivity (Wildman–Crippen MR) is 86.0 cm³/mol. The van der Waals surface area contributed by atoms with E-state index in [1.165, 1.54) is 38.5 Å². The van der Waals surface area contributed by atoms with Crippen LogP contribution in [0.15, 0.2) is 4.52 Å². The minimum absolute atomic E-state index is 0.177. The Morgan fingerprint density at radius 1 is 1.26 bits per heavy atom. The SMILES string of the molecule is C[C@]1(c2nc(C3CC3)no2)CCCN(C(=O)CC2CCCC2)C1. The van der Waals surface area contributed by atoms with Gasteiger partial charge in [0.1, 0.15) is 0 Å². The molecule has 3 aliphatic rings. The molecule has 0 bridgehead atoms. The number of nitrogens with zero attached hydrogens (tertiary/aromatic N) is 3. The molecule has 2 heterocycles. The highest BCUT2D eigenvalue weighted by molar-refractivity contribution is 5.76. The van der Waals surface area contributed by atoms with Crippen LogP contribution in [0.2, 0.25) is 0 Å². The zero-order valence-corrected chi connectivity index (χ0v) is 14.1. The first-order valence-corrected chi connectivity index (χ1v) is 9.26. The highest BCUT2D eigenvalue weighted by atomic mass is 16.5. The van der Waals surface area contributed by atoms with E-state index in [1.807, 2.05) is 4.90 Å². The summed E-state index contributed by atoms with van der Waals surface area (Å²) in [5.74, 6) is 3.05. The normalized spacial score (nSPS) is 29.2. The average Bonchev–Trinajstić information content (AvgIpc) is 3.05.